The minimum atomic E-state index is -4.89. The molecule has 3 aromatic carbocycles. The van der Waals surface area contributed by atoms with Gasteiger partial charge in [0.1, 0.15) is 11.4 Å². The van der Waals surface area contributed by atoms with Crippen LogP contribution in [-0.2, 0) is 21.9 Å². The number of hydrogen-bond acceptors (Lipinski definition) is 7. The molecule has 1 heterocycles. The number of aromatic nitrogens is 1. The molecule has 4 rings (SSSR count). The van der Waals surface area contributed by atoms with Crippen molar-refractivity contribution < 1.29 is 31.2 Å². The third-order valence-corrected chi connectivity index (χ3v) is 6.27. The number of halogens is 1. The summed E-state index contributed by atoms with van der Waals surface area (Å²) in [5.74, 6) is -0.346. The number of pyridine rings is 1. The van der Waals surface area contributed by atoms with Crippen LogP contribution in [-0.4, -0.2) is 30.8 Å². The molecule has 0 saturated carbocycles. The highest BCUT2D eigenvalue weighted by atomic mass is 32.3. The average Bonchev–Trinajstić information content (AvgIpc) is 2.92. The molecule has 0 saturated heterocycles. The number of benzene rings is 3. The molecule has 208 valence electrons. The normalized spacial score (nSPS) is 10.6. The van der Waals surface area contributed by atoms with Gasteiger partial charge >= 0.3 is 10.5 Å². The van der Waals surface area contributed by atoms with E-state index < -0.39 is 10.5 Å². The van der Waals surface area contributed by atoms with Crippen LogP contribution in [0.5, 0.6) is 5.75 Å². The Morgan fingerprint density at radius 1 is 0.925 bits per heavy atom. The van der Waals surface area contributed by atoms with E-state index in [1.54, 1.807) is 24.3 Å². The second-order valence-electron chi connectivity index (χ2n) is 8.67. The number of hydrogen-bond donors (Lipinski definition) is 3. The largest absolute Gasteiger partial charge is 0.488 e. The summed E-state index contributed by atoms with van der Waals surface area (Å²) in [7, 11) is -4.89. The zero-order chi connectivity index (χ0) is 29.3. The molecule has 11 heteroatoms. The molecule has 0 aliphatic rings. The topological polar surface area (TPSA) is 135 Å². The van der Waals surface area contributed by atoms with Gasteiger partial charge in [0.15, 0.2) is 0 Å². The maximum atomic E-state index is 12.5. The van der Waals surface area contributed by atoms with Crippen LogP contribution in [0.2, 0.25) is 0 Å². The van der Waals surface area contributed by atoms with E-state index in [-0.39, 0.29) is 24.0 Å². The summed E-state index contributed by atoms with van der Waals surface area (Å²) in [6.45, 7) is 5.59. The second-order valence-corrected chi connectivity index (χ2v) is 9.62. The van der Waals surface area contributed by atoms with Crippen LogP contribution in [0.25, 0.3) is 11.1 Å². The molecule has 0 spiro atoms. The molecule has 0 fully saturated rings. The molecule has 3 N–H and O–H groups in total. The van der Waals surface area contributed by atoms with E-state index in [2.05, 4.69) is 19.8 Å². The summed E-state index contributed by atoms with van der Waals surface area (Å²) < 4.78 is 35.9. The molecule has 0 radical (unpaired) electrons. The smallest absolute Gasteiger partial charge is 0.392 e. The molecule has 0 atom stereocenters. The Hall–Kier alpha value is -4.61. The molecule has 0 aliphatic carbocycles. The van der Waals surface area contributed by atoms with Crippen molar-refractivity contribution in [1.82, 2.24) is 4.98 Å². The Labute approximate surface area is 232 Å². The van der Waals surface area contributed by atoms with E-state index >= 15 is 0 Å². The molecule has 0 aliphatic heterocycles. The third-order valence-electron chi connectivity index (χ3n) is 5.88. The number of rotatable bonds is 8. The van der Waals surface area contributed by atoms with E-state index in [9.17, 15) is 21.9 Å². The molecule has 9 nitrogen and oxygen atoms in total. The van der Waals surface area contributed by atoms with Crippen molar-refractivity contribution in [3.8, 4) is 16.9 Å². The summed E-state index contributed by atoms with van der Waals surface area (Å²) in [5, 5.41) is 14.7. The number of aryl methyl sites for hydroxylation is 1. The van der Waals surface area contributed by atoms with E-state index in [1.807, 2.05) is 57.2 Å². The number of nitrogens with zero attached hydrogens (tertiary/aromatic N) is 1. The number of aliphatic hydroxyl groups excluding tert-OH is 1. The number of aliphatic hydroxyl groups is 1. The zero-order valence-corrected chi connectivity index (χ0v) is 22.8. The van der Waals surface area contributed by atoms with Crippen molar-refractivity contribution in [2.45, 2.75) is 27.4 Å². The van der Waals surface area contributed by atoms with Gasteiger partial charge in [-0.1, -0.05) is 51.9 Å². The maximum Gasteiger partial charge on any atom is 0.488 e. The first kappa shape index (κ1) is 29.9. The van der Waals surface area contributed by atoms with Gasteiger partial charge in [0.25, 0.3) is 5.91 Å². The lowest BCUT2D eigenvalue weighted by molar-refractivity contribution is -0.105. The number of carbonyl (C=O) groups excluding carboxylic acids is 2. The summed E-state index contributed by atoms with van der Waals surface area (Å²) in [5.41, 5.74) is 7.09. The van der Waals surface area contributed by atoms with Crippen LogP contribution in [0.1, 0.15) is 32.7 Å². The van der Waals surface area contributed by atoms with Crippen LogP contribution in [0.4, 0.5) is 15.3 Å². The predicted octanol–water partition coefficient (Wildman–Crippen LogP) is 5.27. The van der Waals surface area contributed by atoms with Crippen LogP contribution in [0, 0.1) is 20.8 Å². The number of carbonyl (C=O) groups is 2. The summed E-state index contributed by atoms with van der Waals surface area (Å²) in [6.07, 6.45) is 2.14. The first-order valence-electron chi connectivity index (χ1n) is 12.0. The average molecular weight is 566 g/mol. The third kappa shape index (κ3) is 8.19. The summed E-state index contributed by atoms with van der Waals surface area (Å²) in [4.78, 5) is 27.4. The quantitative estimate of drug-likeness (QED) is 0.196. The first-order valence-corrected chi connectivity index (χ1v) is 13.3. The van der Waals surface area contributed by atoms with Gasteiger partial charge in [0, 0.05) is 17.6 Å². The highest BCUT2D eigenvalue weighted by Crippen LogP contribution is 2.33. The van der Waals surface area contributed by atoms with Gasteiger partial charge in [0.2, 0.25) is 6.41 Å². The SMILES string of the molecule is Cc1c(NC=O)cccc1-c1cccc(NC(=O)c2ccc(CO)cn2)c1C.Cc1ccc(OS(=O)(=O)F)cc1. The van der Waals surface area contributed by atoms with Gasteiger partial charge in [-0.15, -0.1) is 0 Å². The molecule has 0 bridgehead atoms. The molecule has 2 amide bonds. The van der Waals surface area contributed by atoms with Crippen LogP contribution < -0.4 is 14.8 Å². The molecule has 4 aromatic rings. The molecule has 40 heavy (non-hydrogen) atoms. The van der Waals surface area contributed by atoms with Gasteiger partial charge in [-0.2, -0.15) is 8.42 Å². The second kappa shape index (κ2) is 13.5. The van der Waals surface area contributed by atoms with Crippen molar-refractivity contribution in [3.05, 3.63) is 107 Å². The van der Waals surface area contributed by atoms with Gasteiger partial charge < -0.3 is 19.9 Å². The number of nitrogens with one attached hydrogen (secondary N) is 2. The minimum absolute atomic E-state index is 0.0249. The summed E-state index contributed by atoms with van der Waals surface area (Å²) in [6, 6.07) is 20.7. The highest BCUT2D eigenvalue weighted by Gasteiger charge is 2.14. The van der Waals surface area contributed by atoms with Crippen molar-refractivity contribution in [1.29, 1.82) is 0 Å². The monoisotopic (exact) mass is 565 g/mol. The fourth-order valence-corrected chi connectivity index (χ4v) is 4.10. The van der Waals surface area contributed by atoms with Gasteiger partial charge in [-0.3, -0.25) is 14.6 Å². The molecule has 1 aromatic heterocycles. The Kier molecular flexibility index (Phi) is 10.1. The van der Waals surface area contributed by atoms with Crippen LogP contribution in [0.15, 0.2) is 79.0 Å². The van der Waals surface area contributed by atoms with E-state index in [4.69, 9.17) is 5.11 Å². The van der Waals surface area contributed by atoms with Gasteiger partial charge in [0.05, 0.1) is 6.61 Å². The minimum Gasteiger partial charge on any atom is -0.392 e. The molecular weight excluding hydrogens is 537 g/mol. The lowest BCUT2D eigenvalue weighted by Crippen LogP contribution is -2.14. The predicted molar refractivity (Wildman–Crippen MR) is 151 cm³/mol. The number of anilines is 2. The fraction of sp³-hybridized carbons (Fsp3) is 0.138. The zero-order valence-electron chi connectivity index (χ0n) is 22.0. The standard InChI is InChI=1S/C22H21N3O3.C7H7FO3S/c1-14-17(5-3-7-19(14)24-13-27)18-6-4-8-20(15(18)2)25-22(28)21-10-9-16(12-26)11-23-21;1-6-2-4-7(5-3-6)11-12(8,9)10/h3-11,13,26H,12H2,1-2H3,(H,24,27)(H,25,28);2-5H,1H3. The fourth-order valence-electron chi connectivity index (χ4n) is 3.76. The number of amides is 2. The molecule has 0 unspecified atom stereocenters. The van der Waals surface area contributed by atoms with E-state index in [0.29, 0.717) is 17.7 Å². The Morgan fingerprint density at radius 2 is 1.52 bits per heavy atom. The van der Waals surface area contributed by atoms with Crippen molar-refractivity contribution in [2.75, 3.05) is 10.6 Å². The Morgan fingerprint density at radius 3 is 2.05 bits per heavy atom. The lowest BCUT2D eigenvalue weighted by atomic mass is 9.94. The Balaban J connectivity index is 0.000000307. The van der Waals surface area contributed by atoms with Crippen molar-refractivity contribution in [3.63, 3.8) is 0 Å². The maximum absolute atomic E-state index is 12.5. The lowest BCUT2D eigenvalue weighted by Gasteiger charge is -2.16. The molecular formula is C29H28FN3O6S. The van der Waals surface area contributed by atoms with Crippen molar-refractivity contribution in [2.24, 2.45) is 0 Å². The Bertz CT molecular complexity index is 1590. The van der Waals surface area contributed by atoms with Crippen LogP contribution >= 0.6 is 0 Å². The van der Waals surface area contributed by atoms with Crippen LogP contribution in [0.3, 0.4) is 0 Å². The van der Waals surface area contributed by atoms with E-state index in [1.165, 1.54) is 18.3 Å². The van der Waals surface area contributed by atoms with Crippen molar-refractivity contribution >= 4 is 34.2 Å². The highest BCUT2D eigenvalue weighted by molar-refractivity contribution is 7.81. The first-order chi connectivity index (χ1) is 19.0. The summed E-state index contributed by atoms with van der Waals surface area (Å²) >= 11 is 0. The van der Waals surface area contributed by atoms with E-state index in [0.717, 1.165) is 33.5 Å². The van der Waals surface area contributed by atoms with Gasteiger partial charge in [-0.05, 0) is 78.9 Å². The van der Waals surface area contributed by atoms with Gasteiger partial charge in [-0.25, -0.2) is 0 Å².